The monoisotopic (exact) mass is 444 g/mol. The molecule has 2 aromatic heterocycles. The van der Waals surface area contributed by atoms with Crippen LogP contribution in [0.1, 0.15) is 63.8 Å². The number of nitrogens with zero attached hydrogens (tertiary/aromatic N) is 4. The number of carbonyl (C=O) groups excluding carboxylic acids is 2. The van der Waals surface area contributed by atoms with Crippen LogP contribution in [0.3, 0.4) is 0 Å². The van der Waals surface area contributed by atoms with E-state index in [1.54, 1.807) is 6.20 Å². The molecule has 1 aliphatic carbocycles. The lowest BCUT2D eigenvalue weighted by molar-refractivity contribution is -0.122. The normalized spacial score (nSPS) is 20.4. The van der Waals surface area contributed by atoms with Crippen LogP contribution in [-0.4, -0.2) is 68.3 Å². The zero-order chi connectivity index (χ0) is 22.5. The molecular formula is C22H28N4O4S. The molecule has 3 heterocycles. The number of amides is 2. The van der Waals surface area contributed by atoms with E-state index in [9.17, 15) is 9.59 Å². The molecule has 0 radical (unpaired) electrons. The van der Waals surface area contributed by atoms with Gasteiger partial charge in [-0.2, -0.15) is 0 Å². The number of hydrogen-bond acceptors (Lipinski definition) is 6. The van der Waals surface area contributed by atoms with Gasteiger partial charge in [0.15, 0.2) is 0 Å². The summed E-state index contributed by atoms with van der Waals surface area (Å²) in [5.74, 6) is -0.0388. The number of rotatable bonds is 2. The second kappa shape index (κ2) is 10.00. The van der Waals surface area contributed by atoms with Gasteiger partial charge >= 0.3 is 0 Å². The quantitative estimate of drug-likeness (QED) is 0.715. The first-order valence-electron chi connectivity index (χ1n) is 10.5. The van der Waals surface area contributed by atoms with Crippen molar-refractivity contribution < 1.29 is 19.5 Å². The first kappa shape index (κ1) is 22.9. The highest BCUT2D eigenvalue weighted by atomic mass is 32.1. The highest BCUT2D eigenvalue weighted by Crippen LogP contribution is 2.24. The fourth-order valence-corrected chi connectivity index (χ4v) is 4.78. The Morgan fingerprint density at radius 1 is 1.13 bits per heavy atom. The molecule has 2 aliphatic rings. The van der Waals surface area contributed by atoms with Crippen molar-refractivity contribution in [2.24, 2.45) is 0 Å². The largest absolute Gasteiger partial charge is 0.483 e. The first-order valence-corrected chi connectivity index (χ1v) is 11.3. The summed E-state index contributed by atoms with van der Waals surface area (Å²) in [6, 6.07) is 1.88. The maximum Gasteiger partial charge on any atom is 0.290 e. The fraction of sp³-hybridized carbons (Fsp3) is 0.500. The molecule has 4 rings (SSSR count). The number of pyridine rings is 1. The van der Waals surface area contributed by atoms with Gasteiger partial charge in [0.05, 0.1) is 10.6 Å². The Hall–Kier alpha value is -2.81. The third-order valence-corrected chi connectivity index (χ3v) is 6.81. The van der Waals surface area contributed by atoms with Crippen LogP contribution in [0, 0.1) is 6.92 Å². The van der Waals surface area contributed by atoms with E-state index >= 15 is 0 Å². The molecular weight excluding hydrogens is 416 g/mol. The highest BCUT2D eigenvalue weighted by molar-refractivity contribution is 7.09. The molecule has 1 fully saturated rings. The van der Waals surface area contributed by atoms with Crippen molar-refractivity contribution in [2.75, 3.05) is 13.1 Å². The SMILES string of the molecule is Cc1nc(C(=O)N2CCN(C(=O)c3cnc4c(c3)CCCC4)[C@@H](C)[C@H]2C)cs1.O=CO. The van der Waals surface area contributed by atoms with Gasteiger partial charge in [0.25, 0.3) is 18.3 Å². The average Bonchev–Trinajstić information content (AvgIpc) is 3.21. The summed E-state index contributed by atoms with van der Waals surface area (Å²) in [7, 11) is 0. The molecule has 166 valence electrons. The number of aromatic nitrogens is 2. The minimum absolute atomic E-state index is 0.0109. The molecule has 1 aliphatic heterocycles. The van der Waals surface area contributed by atoms with E-state index in [4.69, 9.17) is 9.90 Å². The summed E-state index contributed by atoms with van der Waals surface area (Å²) in [6.07, 6.45) is 6.07. The number of fused-ring (bicyclic) bond motifs is 1. The van der Waals surface area contributed by atoms with Crippen LogP contribution in [0.25, 0.3) is 0 Å². The molecule has 0 bridgehead atoms. The van der Waals surface area contributed by atoms with Crippen molar-refractivity contribution in [1.29, 1.82) is 0 Å². The molecule has 31 heavy (non-hydrogen) atoms. The molecule has 0 spiro atoms. The minimum atomic E-state index is -0.250. The number of carboxylic acid groups (broad SMARTS) is 1. The Morgan fingerprint density at radius 3 is 2.35 bits per heavy atom. The lowest BCUT2D eigenvalue weighted by atomic mass is 9.94. The molecule has 1 N–H and O–H groups in total. The zero-order valence-corrected chi connectivity index (χ0v) is 18.9. The standard InChI is InChI=1S/C21H26N4O2S.CH2O2/c1-13-14(2)25(21(27)19-12-28-15(3)23-19)9-8-24(13)20(26)17-10-16-6-4-5-7-18(16)22-11-17;2-1-3/h10-14H,4-9H2,1-3H3;1H,(H,2,3)/t13-,14+;/m0./s1. The number of aryl methyl sites for hydroxylation is 3. The number of carbonyl (C=O) groups is 3. The zero-order valence-electron chi connectivity index (χ0n) is 18.1. The van der Waals surface area contributed by atoms with E-state index in [2.05, 4.69) is 9.97 Å². The topological polar surface area (TPSA) is 104 Å². The maximum atomic E-state index is 13.2. The van der Waals surface area contributed by atoms with Gasteiger partial charge in [0, 0.05) is 42.4 Å². The number of piperazine rings is 1. The lowest BCUT2D eigenvalue weighted by Gasteiger charge is -2.44. The van der Waals surface area contributed by atoms with Gasteiger partial charge in [-0.05, 0) is 58.1 Å². The smallest absolute Gasteiger partial charge is 0.290 e. The van der Waals surface area contributed by atoms with Gasteiger partial charge in [0.2, 0.25) is 0 Å². The van der Waals surface area contributed by atoms with E-state index in [-0.39, 0.29) is 30.4 Å². The van der Waals surface area contributed by atoms with Crippen molar-refractivity contribution in [3.05, 3.63) is 45.2 Å². The molecule has 0 unspecified atom stereocenters. The van der Waals surface area contributed by atoms with E-state index in [0.29, 0.717) is 24.3 Å². The predicted molar refractivity (Wildman–Crippen MR) is 117 cm³/mol. The Labute approximate surface area is 185 Å². The third-order valence-electron chi connectivity index (χ3n) is 6.04. The van der Waals surface area contributed by atoms with Crippen molar-refractivity contribution in [3.63, 3.8) is 0 Å². The number of thiazole rings is 1. The summed E-state index contributed by atoms with van der Waals surface area (Å²) >= 11 is 1.48. The van der Waals surface area contributed by atoms with Gasteiger partial charge in [0.1, 0.15) is 5.69 Å². The Balaban J connectivity index is 0.000000858. The molecule has 9 heteroatoms. The average molecular weight is 445 g/mol. The maximum absolute atomic E-state index is 13.2. The molecule has 8 nitrogen and oxygen atoms in total. The summed E-state index contributed by atoms with van der Waals surface area (Å²) in [4.78, 5) is 47.0. The van der Waals surface area contributed by atoms with E-state index in [0.717, 1.165) is 30.0 Å². The Morgan fingerprint density at radius 2 is 1.74 bits per heavy atom. The van der Waals surface area contributed by atoms with Gasteiger partial charge in [-0.15, -0.1) is 11.3 Å². The predicted octanol–water partition coefficient (Wildman–Crippen LogP) is 2.80. The number of hydrogen-bond donors (Lipinski definition) is 1. The second-order valence-electron chi connectivity index (χ2n) is 7.87. The molecule has 2 amide bonds. The van der Waals surface area contributed by atoms with Crippen LogP contribution >= 0.6 is 11.3 Å². The first-order chi connectivity index (χ1) is 14.9. The van der Waals surface area contributed by atoms with Crippen LogP contribution in [0.15, 0.2) is 17.6 Å². The van der Waals surface area contributed by atoms with Crippen LogP contribution in [-0.2, 0) is 17.6 Å². The van der Waals surface area contributed by atoms with E-state index < -0.39 is 0 Å². The van der Waals surface area contributed by atoms with Gasteiger partial charge < -0.3 is 14.9 Å². The van der Waals surface area contributed by atoms with Gasteiger partial charge in [-0.25, -0.2) is 4.98 Å². The van der Waals surface area contributed by atoms with Crippen LogP contribution in [0.2, 0.25) is 0 Å². The van der Waals surface area contributed by atoms with Crippen molar-refractivity contribution >= 4 is 29.6 Å². The fourth-order valence-electron chi connectivity index (χ4n) is 4.20. The summed E-state index contributed by atoms with van der Waals surface area (Å²) in [5, 5.41) is 9.59. The molecule has 0 saturated carbocycles. The van der Waals surface area contributed by atoms with Gasteiger partial charge in [-0.3, -0.25) is 19.4 Å². The third kappa shape index (κ3) is 4.92. The van der Waals surface area contributed by atoms with Gasteiger partial charge in [-0.1, -0.05) is 0 Å². The van der Waals surface area contributed by atoms with Crippen LogP contribution in [0.4, 0.5) is 0 Å². The summed E-state index contributed by atoms with van der Waals surface area (Å²) in [6.45, 7) is 6.71. The van der Waals surface area contributed by atoms with Crippen molar-refractivity contribution in [3.8, 4) is 0 Å². The summed E-state index contributed by atoms with van der Waals surface area (Å²) < 4.78 is 0. The molecule has 0 aromatic carbocycles. The lowest BCUT2D eigenvalue weighted by Crippen LogP contribution is -2.60. The van der Waals surface area contributed by atoms with Crippen LogP contribution in [0.5, 0.6) is 0 Å². The Bertz CT molecular complexity index is 961. The van der Waals surface area contributed by atoms with E-state index in [1.165, 1.54) is 23.3 Å². The molecule has 2 atom stereocenters. The summed E-state index contributed by atoms with van der Waals surface area (Å²) in [5.41, 5.74) is 3.51. The van der Waals surface area contributed by atoms with Crippen LogP contribution < -0.4 is 0 Å². The molecule has 2 aromatic rings. The Kier molecular flexibility index (Phi) is 7.37. The second-order valence-corrected chi connectivity index (χ2v) is 8.93. The minimum Gasteiger partial charge on any atom is -0.483 e. The van der Waals surface area contributed by atoms with E-state index in [1.807, 2.05) is 42.0 Å². The highest BCUT2D eigenvalue weighted by Gasteiger charge is 2.37. The molecule has 1 saturated heterocycles. The van der Waals surface area contributed by atoms with Crippen molar-refractivity contribution in [2.45, 2.75) is 58.5 Å². The van der Waals surface area contributed by atoms with Crippen molar-refractivity contribution in [1.82, 2.24) is 19.8 Å².